The van der Waals surface area contributed by atoms with E-state index >= 15 is 0 Å². The molecule has 0 radical (unpaired) electrons. The highest BCUT2D eigenvalue weighted by atomic mass is 16.3. The maximum Gasteiger partial charge on any atom is 0.159 e. The lowest BCUT2D eigenvalue weighted by Crippen LogP contribution is -2.28. The SMILES string of the molecule is CC(C)(CCc1ccccc1)n1cnnc1CO. The van der Waals surface area contributed by atoms with Crippen LogP contribution in [-0.4, -0.2) is 19.9 Å². The molecule has 0 unspecified atom stereocenters. The van der Waals surface area contributed by atoms with E-state index in [1.165, 1.54) is 5.56 Å². The van der Waals surface area contributed by atoms with E-state index in [1.807, 2.05) is 10.6 Å². The summed E-state index contributed by atoms with van der Waals surface area (Å²) in [5.74, 6) is 0.619. The summed E-state index contributed by atoms with van der Waals surface area (Å²) in [5.41, 5.74) is 1.22. The Labute approximate surface area is 107 Å². The molecule has 0 atom stereocenters. The van der Waals surface area contributed by atoms with E-state index in [9.17, 15) is 5.11 Å². The van der Waals surface area contributed by atoms with Gasteiger partial charge in [0.05, 0.1) is 0 Å². The first-order valence-corrected chi connectivity index (χ1v) is 6.17. The molecule has 4 heteroatoms. The summed E-state index contributed by atoms with van der Waals surface area (Å²) in [4.78, 5) is 0. The van der Waals surface area contributed by atoms with Crippen LogP contribution in [0.5, 0.6) is 0 Å². The molecule has 0 aliphatic rings. The van der Waals surface area contributed by atoms with Crippen molar-refractivity contribution in [3.63, 3.8) is 0 Å². The number of aromatic nitrogens is 3. The van der Waals surface area contributed by atoms with Gasteiger partial charge in [0.25, 0.3) is 0 Å². The maximum absolute atomic E-state index is 9.23. The fourth-order valence-electron chi connectivity index (χ4n) is 2.09. The third-order valence-corrected chi connectivity index (χ3v) is 3.28. The van der Waals surface area contributed by atoms with E-state index < -0.39 is 0 Å². The molecule has 0 aliphatic carbocycles. The predicted octanol–water partition coefficient (Wildman–Crippen LogP) is 2.14. The van der Waals surface area contributed by atoms with E-state index in [4.69, 9.17) is 0 Å². The first-order chi connectivity index (χ1) is 8.63. The number of nitrogens with zero attached hydrogens (tertiary/aromatic N) is 3. The number of benzene rings is 1. The predicted molar refractivity (Wildman–Crippen MR) is 70.0 cm³/mol. The minimum Gasteiger partial charge on any atom is -0.388 e. The van der Waals surface area contributed by atoms with Gasteiger partial charge in [-0.3, -0.25) is 0 Å². The normalized spacial score (nSPS) is 11.7. The minimum atomic E-state index is -0.0998. The molecular formula is C14H19N3O. The average molecular weight is 245 g/mol. The molecule has 1 aromatic heterocycles. The van der Waals surface area contributed by atoms with Crippen molar-refractivity contribution in [1.29, 1.82) is 0 Å². The zero-order chi connectivity index (χ0) is 13.0. The lowest BCUT2D eigenvalue weighted by Gasteiger charge is -2.27. The summed E-state index contributed by atoms with van der Waals surface area (Å²) >= 11 is 0. The van der Waals surface area contributed by atoms with Crippen molar-refractivity contribution in [2.24, 2.45) is 0 Å². The molecular weight excluding hydrogens is 226 g/mol. The highest BCUT2D eigenvalue weighted by Gasteiger charge is 2.22. The number of aryl methyl sites for hydroxylation is 1. The van der Waals surface area contributed by atoms with Crippen LogP contribution in [0.3, 0.4) is 0 Å². The van der Waals surface area contributed by atoms with E-state index in [0.717, 1.165) is 12.8 Å². The van der Waals surface area contributed by atoms with Crippen LogP contribution in [-0.2, 0) is 18.6 Å². The Bertz CT molecular complexity index is 491. The zero-order valence-corrected chi connectivity index (χ0v) is 10.9. The summed E-state index contributed by atoms with van der Waals surface area (Å²) in [6, 6.07) is 10.4. The van der Waals surface area contributed by atoms with Crippen LogP contribution < -0.4 is 0 Å². The maximum atomic E-state index is 9.23. The number of hydrogen-bond donors (Lipinski definition) is 1. The third kappa shape index (κ3) is 2.76. The van der Waals surface area contributed by atoms with Crippen molar-refractivity contribution in [1.82, 2.24) is 14.8 Å². The number of aliphatic hydroxyl groups excluding tert-OH is 1. The number of hydrogen-bond acceptors (Lipinski definition) is 3. The van der Waals surface area contributed by atoms with Crippen molar-refractivity contribution in [3.05, 3.63) is 48.0 Å². The summed E-state index contributed by atoms with van der Waals surface area (Å²) < 4.78 is 1.95. The minimum absolute atomic E-state index is 0.0746. The van der Waals surface area contributed by atoms with Gasteiger partial charge in [-0.05, 0) is 32.3 Å². The van der Waals surface area contributed by atoms with Gasteiger partial charge in [0.1, 0.15) is 12.9 Å². The van der Waals surface area contributed by atoms with Gasteiger partial charge in [-0.15, -0.1) is 10.2 Å². The highest BCUT2D eigenvalue weighted by Crippen LogP contribution is 2.23. The van der Waals surface area contributed by atoms with Crippen molar-refractivity contribution < 1.29 is 5.11 Å². The Balaban J connectivity index is 2.08. The van der Waals surface area contributed by atoms with Gasteiger partial charge in [0.2, 0.25) is 0 Å². The Morgan fingerprint density at radius 1 is 1.22 bits per heavy atom. The molecule has 0 aliphatic heterocycles. The van der Waals surface area contributed by atoms with E-state index in [2.05, 4.69) is 48.3 Å². The van der Waals surface area contributed by atoms with Crippen LogP contribution in [0.25, 0.3) is 0 Å². The number of aliphatic hydroxyl groups is 1. The van der Waals surface area contributed by atoms with E-state index in [0.29, 0.717) is 5.82 Å². The van der Waals surface area contributed by atoms with Gasteiger partial charge >= 0.3 is 0 Å². The monoisotopic (exact) mass is 245 g/mol. The summed E-state index contributed by atoms with van der Waals surface area (Å²) in [7, 11) is 0. The van der Waals surface area contributed by atoms with Crippen LogP contribution in [0.2, 0.25) is 0 Å². The van der Waals surface area contributed by atoms with Gasteiger partial charge in [-0.1, -0.05) is 30.3 Å². The second-order valence-corrected chi connectivity index (χ2v) is 5.07. The zero-order valence-electron chi connectivity index (χ0n) is 10.9. The molecule has 4 nitrogen and oxygen atoms in total. The molecule has 0 saturated carbocycles. The molecule has 2 rings (SSSR count). The Hall–Kier alpha value is -1.68. The summed E-state index contributed by atoms with van der Waals surface area (Å²) in [5, 5.41) is 17.0. The topological polar surface area (TPSA) is 50.9 Å². The summed E-state index contributed by atoms with van der Waals surface area (Å²) in [6.45, 7) is 4.20. The second kappa shape index (κ2) is 5.31. The summed E-state index contributed by atoms with van der Waals surface area (Å²) in [6.07, 6.45) is 3.66. The molecule has 1 N–H and O–H groups in total. The molecule has 0 saturated heterocycles. The largest absolute Gasteiger partial charge is 0.388 e. The van der Waals surface area contributed by atoms with Crippen molar-refractivity contribution in [2.45, 2.75) is 38.8 Å². The molecule has 0 spiro atoms. The molecule has 96 valence electrons. The fraction of sp³-hybridized carbons (Fsp3) is 0.429. The van der Waals surface area contributed by atoms with E-state index in [-0.39, 0.29) is 12.1 Å². The fourth-order valence-corrected chi connectivity index (χ4v) is 2.09. The molecule has 2 aromatic rings. The van der Waals surface area contributed by atoms with Crippen LogP contribution in [0.1, 0.15) is 31.7 Å². The highest BCUT2D eigenvalue weighted by molar-refractivity contribution is 5.15. The quantitative estimate of drug-likeness (QED) is 0.878. The van der Waals surface area contributed by atoms with Gasteiger partial charge in [-0.2, -0.15) is 0 Å². The molecule has 18 heavy (non-hydrogen) atoms. The van der Waals surface area contributed by atoms with Crippen LogP contribution in [0.15, 0.2) is 36.7 Å². The first kappa shape index (κ1) is 12.8. The molecule has 0 amide bonds. The Kier molecular flexibility index (Phi) is 3.77. The van der Waals surface area contributed by atoms with Gasteiger partial charge in [0, 0.05) is 5.54 Å². The lowest BCUT2D eigenvalue weighted by molar-refractivity contribution is 0.238. The number of rotatable bonds is 5. The lowest BCUT2D eigenvalue weighted by atomic mass is 9.95. The van der Waals surface area contributed by atoms with Crippen LogP contribution >= 0.6 is 0 Å². The standard InChI is InChI=1S/C14H19N3O/c1-14(2,17-11-15-16-13(17)10-18)9-8-12-6-4-3-5-7-12/h3-7,11,18H,8-10H2,1-2H3. The first-order valence-electron chi connectivity index (χ1n) is 6.17. The Morgan fingerprint density at radius 2 is 1.94 bits per heavy atom. The van der Waals surface area contributed by atoms with Crippen LogP contribution in [0, 0.1) is 0 Å². The second-order valence-electron chi connectivity index (χ2n) is 5.07. The molecule has 1 aromatic carbocycles. The Morgan fingerprint density at radius 3 is 2.61 bits per heavy atom. The molecule has 1 heterocycles. The molecule has 0 bridgehead atoms. The van der Waals surface area contributed by atoms with Gasteiger partial charge in [-0.25, -0.2) is 0 Å². The van der Waals surface area contributed by atoms with Gasteiger partial charge < -0.3 is 9.67 Å². The van der Waals surface area contributed by atoms with Crippen molar-refractivity contribution >= 4 is 0 Å². The van der Waals surface area contributed by atoms with E-state index in [1.54, 1.807) is 6.33 Å². The van der Waals surface area contributed by atoms with Crippen molar-refractivity contribution in [3.8, 4) is 0 Å². The van der Waals surface area contributed by atoms with Gasteiger partial charge in [0.15, 0.2) is 5.82 Å². The molecule has 0 fully saturated rings. The average Bonchev–Trinajstić information content (AvgIpc) is 2.87. The van der Waals surface area contributed by atoms with Crippen molar-refractivity contribution in [2.75, 3.05) is 0 Å². The smallest absolute Gasteiger partial charge is 0.159 e. The third-order valence-electron chi connectivity index (χ3n) is 3.28. The van der Waals surface area contributed by atoms with Crippen LogP contribution in [0.4, 0.5) is 0 Å².